The molecule has 1 heterocycles. The predicted molar refractivity (Wildman–Crippen MR) is 60.5 cm³/mol. The number of amides is 1. The minimum atomic E-state index is 0.215. The molecule has 0 aromatic heterocycles. The van der Waals surface area contributed by atoms with E-state index < -0.39 is 0 Å². The number of hydrogen-bond donors (Lipinski definition) is 2. The molecule has 1 unspecified atom stereocenters. The van der Waals surface area contributed by atoms with Gasteiger partial charge in [-0.25, -0.2) is 0 Å². The zero-order valence-corrected chi connectivity index (χ0v) is 9.17. The van der Waals surface area contributed by atoms with Crippen molar-refractivity contribution in [1.82, 2.24) is 10.6 Å². The molecule has 2 N–H and O–H groups in total. The van der Waals surface area contributed by atoms with Crippen molar-refractivity contribution in [2.75, 3.05) is 19.6 Å². The quantitative estimate of drug-likeness (QED) is 0.678. The molecule has 84 valence electrons. The first-order valence-corrected chi connectivity index (χ1v) is 5.99. The van der Waals surface area contributed by atoms with E-state index in [1.54, 1.807) is 0 Å². The molecule has 2 aliphatic rings. The fourth-order valence-corrected chi connectivity index (χ4v) is 2.34. The van der Waals surface area contributed by atoms with Gasteiger partial charge in [0.15, 0.2) is 0 Å². The summed E-state index contributed by atoms with van der Waals surface area (Å²) < 4.78 is 0. The summed E-state index contributed by atoms with van der Waals surface area (Å²) in [5.41, 5.74) is 0. The second-order valence-electron chi connectivity index (χ2n) is 4.58. The van der Waals surface area contributed by atoms with Crippen LogP contribution in [-0.2, 0) is 4.79 Å². The van der Waals surface area contributed by atoms with Gasteiger partial charge in [0.25, 0.3) is 0 Å². The van der Waals surface area contributed by atoms with Crippen LogP contribution in [0.2, 0.25) is 0 Å². The molecule has 1 amide bonds. The maximum absolute atomic E-state index is 11.7. The van der Waals surface area contributed by atoms with Crippen molar-refractivity contribution in [2.24, 2.45) is 11.8 Å². The number of allylic oxidation sites excluding steroid dienone is 2. The van der Waals surface area contributed by atoms with E-state index in [1.165, 1.54) is 6.42 Å². The molecule has 3 nitrogen and oxygen atoms in total. The molecule has 0 saturated carbocycles. The van der Waals surface area contributed by atoms with Gasteiger partial charge in [-0.2, -0.15) is 0 Å². The molecule has 0 bridgehead atoms. The van der Waals surface area contributed by atoms with Crippen LogP contribution in [0.4, 0.5) is 0 Å². The normalized spacial score (nSPS) is 26.0. The Balaban J connectivity index is 1.58. The van der Waals surface area contributed by atoms with Crippen molar-refractivity contribution < 1.29 is 4.79 Å². The van der Waals surface area contributed by atoms with Crippen molar-refractivity contribution in [3.05, 3.63) is 12.2 Å². The number of hydrogen-bond acceptors (Lipinski definition) is 2. The summed E-state index contributed by atoms with van der Waals surface area (Å²) in [6.45, 7) is 3.12. The van der Waals surface area contributed by atoms with Crippen molar-refractivity contribution in [3.63, 3.8) is 0 Å². The van der Waals surface area contributed by atoms with Crippen LogP contribution in [-0.4, -0.2) is 25.5 Å². The average Bonchev–Trinajstić information content (AvgIpc) is 2.90. The van der Waals surface area contributed by atoms with Crippen LogP contribution in [0.5, 0.6) is 0 Å². The lowest BCUT2D eigenvalue weighted by atomic mass is 10.0. The Labute approximate surface area is 91.3 Å². The van der Waals surface area contributed by atoms with E-state index >= 15 is 0 Å². The molecule has 0 spiro atoms. The van der Waals surface area contributed by atoms with Crippen LogP contribution < -0.4 is 10.6 Å². The molecule has 0 aromatic carbocycles. The highest BCUT2D eigenvalue weighted by Gasteiger charge is 2.19. The minimum absolute atomic E-state index is 0.215. The van der Waals surface area contributed by atoms with E-state index in [4.69, 9.17) is 0 Å². The van der Waals surface area contributed by atoms with Crippen LogP contribution in [0.3, 0.4) is 0 Å². The summed E-state index contributed by atoms with van der Waals surface area (Å²) in [6, 6.07) is 0. The van der Waals surface area contributed by atoms with Crippen LogP contribution in [0.15, 0.2) is 12.2 Å². The molecular formula is C12H20N2O. The third kappa shape index (κ3) is 3.06. The van der Waals surface area contributed by atoms with E-state index in [0.29, 0.717) is 0 Å². The summed E-state index contributed by atoms with van der Waals surface area (Å²) >= 11 is 0. The van der Waals surface area contributed by atoms with E-state index in [9.17, 15) is 4.79 Å². The predicted octanol–water partition coefficient (Wildman–Crippen LogP) is 1.07. The molecule has 1 atom stereocenters. The van der Waals surface area contributed by atoms with E-state index in [2.05, 4.69) is 22.8 Å². The zero-order chi connectivity index (χ0) is 10.5. The highest BCUT2D eigenvalue weighted by molar-refractivity contribution is 5.79. The first kappa shape index (κ1) is 10.7. The Bertz CT molecular complexity index is 236. The summed E-state index contributed by atoms with van der Waals surface area (Å²) in [5, 5.41) is 6.39. The third-order valence-electron chi connectivity index (χ3n) is 3.39. The Morgan fingerprint density at radius 1 is 1.40 bits per heavy atom. The molecule has 2 rings (SSSR count). The summed E-state index contributed by atoms with van der Waals surface area (Å²) in [5.74, 6) is 1.23. The lowest BCUT2D eigenvalue weighted by molar-refractivity contribution is -0.124. The van der Waals surface area contributed by atoms with Gasteiger partial charge < -0.3 is 10.6 Å². The van der Waals surface area contributed by atoms with E-state index in [-0.39, 0.29) is 11.8 Å². The van der Waals surface area contributed by atoms with Gasteiger partial charge in [0.1, 0.15) is 0 Å². The number of nitrogens with one attached hydrogen (secondary N) is 2. The molecule has 15 heavy (non-hydrogen) atoms. The molecule has 0 radical (unpaired) electrons. The fourth-order valence-electron chi connectivity index (χ4n) is 2.34. The third-order valence-corrected chi connectivity index (χ3v) is 3.39. The lowest BCUT2D eigenvalue weighted by Gasteiger charge is -2.12. The molecule has 0 aromatic rings. The Hall–Kier alpha value is -0.830. The summed E-state index contributed by atoms with van der Waals surface area (Å²) in [6.07, 6.45) is 8.45. The van der Waals surface area contributed by atoms with Crippen LogP contribution in [0.25, 0.3) is 0 Å². The van der Waals surface area contributed by atoms with Gasteiger partial charge in [0.2, 0.25) is 5.91 Å². The van der Waals surface area contributed by atoms with E-state index in [1.807, 2.05) is 0 Å². The maximum atomic E-state index is 11.7. The summed E-state index contributed by atoms with van der Waals surface area (Å²) in [7, 11) is 0. The second-order valence-corrected chi connectivity index (χ2v) is 4.58. The van der Waals surface area contributed by atoms with Crippen LogP contribution >= 0.6 is 0 Å². The van der Waals surface area contributed by atoms with Crippen molar-refractivity contribution in [3.8, 4) is 0 Å². The van der Waals surface area contributed by atoms with E-state index in [0.717, 1.165) is 44.8 Å². The van der Waals surface area contributed by atoms with Crippen LogP contribution in [0, 0.1) is 11.8 Å². The van der Waals surface area contributed by atoms with Crippen molar-refractivity contribution in [1.29, 1.82) is 0 Å². The van der Waals surface area contributed by atoms with Gasteiger partial charge in [-0.3, -0.25) is 4.79 Å². The first-order valence-electron chi connectivity index (χ1n) is 5.99. The van der Waals surface area contributed by atoms with Gasteiger partial charge in [-0.05, 0) is 44.7 Å². The summed E-state index contributed by atoms with van der Waals surface area (Å²) in [4.78, 5) is 11.7. The highest BCUT2D eigenvalue weighted by Crippen LogP contribution is 2.17. The van der Waals surface area contributed by atoms with Crippen molar-refractivity contribution in [2.45, 2.75) is 25.7 Å². The molecule has 1 fully saturated rings. The maximum Gasteiger partial charge on any atom is 0.223 e. The average molecular weight is 208 g/mol. The van der Waals surface area contributed by atoms with Gasteiger partial charge in [0, 0.05) is 12.5 Å². The monoisotopic (exact) mass is 208 g/mol. The Morgan fingerprint density at radius 3 is 2.87 bits per heavy atom. The molecular weight excluding hydrogens is 188 g/mol. The molecule has 1 aliphatic heterocycles. The Morgan fingerprint density at radius 2 is 2.20 bits per heavy atom. The molecule has 1 saturated heterocycles. The highest BCUT2D eigenvalue weighted by atomic mass is 16.1. The molecule has 3 heteroatoms. The largest absolute Gasteiger partial charge is 0.356 e. The molecule has 1 aliphatic carbocycles. The zero-order valence-electron chi connectivity index (χ0n) is 9.17. The Kier molecular flexibility index (Phi) is 3.78. The number of carbonyl (C=O) groups excluding carboxylic acids is 1. The van der Waals surface area contributed by atoms with Gasteiger partial charge in [0.05, 0.1) is 0 Å². The van der Waals surface area contributed by atoms with Gasteiger partial charge in [-0.1, -0.05) is 12.2 Å². The topological polar surface area (TPSA) is 41.1 Å². The van der Waals surface area contributed by atoms with Crippen molar-refractivity contribution >= 4 is 5.91 Å². The van der Waals surface area contributed by atoms with Gasteiger partial charge >= 0.3 is 0 Å². The van der Waals surface area contributed by atoms with Crippen LogP contribution in [0.1, 0.15) is 25.7 Å². The number of rotatable bonds is 4. The minimum Gasteiger partial charge on any atom is -0.356 e. The second kappa shape index (κ2) is 5.31. The standard InChI is InChI=1S/C12H20N2O/c15-12(11-3-1-2-4-11)14-8-6-10-5-7-13-9-10/h1-2,10-11,13H,3-9H2,(H,14,15). The fraction of sp³-hybridized carbons (Fsp3) is 0.750. The lowest BCUT2D eigenvalue weighted by Crippen LogP contribution is -2.31. The first-order chi connectivity index (χ1) is 7.36. The smallest absolute Gasteiger partial charge is 0.223 e. The SMILES string of the molecule is O=C(NCCC1CCNC1)C1CC=CC1. The number of carbonyl (C=O) groups is 1. The van der Waals surface area contributed by atoms with Gasteiger partial charge in [-0.15, -0.1) is 0 Å².